The van der Waals surface area contributed by atoms with Crippen LogP contribution < -0.4 is 4.90 Å². The summed E-state index contributed by atoms with van der Waals surface area (Å²) < 4.78 is 0. The molecule has 3 aromatic rings. The van der Waals surface area contributed by atoms with Gasteiger partial charge in [-0.15, -0.1) is 0 Å². The monoisotopic (exact) mass is 364 g/mol. The highest BCUT2D eigenvalue weighted by molar-refractivity contribution is 6.29. The van der Waals surface area contributed by atoms with Crippen LogP contribution in [0.15, 0.2) is 61.2 Å². The molecule has 4 heterocycles. The molecule has 0 aliphatic carbocycles. The molecule has 0 spiro atoms. The lowest BCUT2D eigenvalue weighted by atomic mass is 9.99. The molecule has 4 rings (SSSR count). The Morgan fingerprint density at radius 2 is 1.85 bits per heavy atom. The Kier molecular flexibility index (Phi) is 4.63. The number of carbonyl (C=O) groups excluding carboxylic acids is 1. The Morgan fingerprint density at radius 1 is 1.00 bits per heavy atom. The van der Waals surface area contributed by atoms with Crippen LogP contribution in [-0.2, 0) is 11.2 Å². The van der Waals surface area contributed by atoms with Gasteiger partial charge < -0.3 is 0 Å². The van der Waals surface area contributed by atoms with E-state index in [9.17, 15) is 4.79 Å². The van der Waals surface area contributed by atoms with Gasteiger partial charge in [-0.1, -0.05) is 17.7 Å². The van der Waals surface area contributed by atoms with Crippen LogP contribution in [0.2, 0.25) is 5.15 Å². The standard InChI is InChI=1S/C20H17ClN4O/c21-18-3-1-14(12-23-18)11-16-7-10-25(20(16)26)19-4-2-17(13-24-19)15-5-8-22-9-6-15/h1-6,8-9,12-13,16H,7,10-11H2/t16-/m0/s1. The zero-order valence-corrected chi connectivity index (χ0v) is 14.8. The van der Waals surface area contributed by atoms with E-state index in [-0.39, 0.29) is 11.8 Å². The molecule has 130 valence electrons. The van der Waals surface area contributed by atoms with Crippen LogP contribution in [0, 0.1) is 5.92 Å². The van der Waals surface area contributed by atoms with Crippen molar-refractivity contribution in [2.75, 3.05) is 11.4 Å². The smallest absolute Gasteiger partial charge is 0.231 e. The van der Waals surface area contributed by atoms with Crippen LogP contribution in [0.3, 0.4) is 0 Å². The fourth-order valence-corrected chi connectivity index (χ4v) is 3.34. The van der Waals surface area contributed by atoms with E-state index in [2.05, 4.69) is 15.0 Å². The molecular formula is C20H17ClN4O. The normalized spacial score (nSPS) is 16.9. The maximum atomic E-state index is 12.8. The fraction of sp³-hybridized carbons (Fsp3) is 0.200. The number of halogens is 1. The highest BCUT2D eigenvalue weighted by Gasteiger charge is 2.33. The molecule has 1 aliphatic heterocycles. The van der Waals surface area contributed by atoms with Crippen molar-refractivity contribution in [3.8, 4) is 11.1 Å². The lowest BCUT2D eigenvalue weighted by molar-refractivity contribution is -0.120. The predicted octanol–water partition coefficient (Wildman–Crippen LogP) is 3.79. The van der Waals surface area contributed by atoms with Crippen molar-refractivity contribution >= 4 is 23.3 Å². The number of aromatic nitrogens is 3. The first-order valence-electron chi connectivity index (χ1n) is 8.49. The molecule has 6 heteroatoms. The number of pyridine rings is 3. The zero-order valence-electron chi connectivity index (χ0n) is 14.0. The predicted molar refractivity (Wildman–Crippen MR) is 101 cm³/mol. The SMILES string of the molecule is O=C1[C@H](Cc2ccc(Cl)nc2)CCN1c1ccc(-c2ccncc2)cn1. The highest BCUT2D eigenvalue weighted by Crippen LogP contribution is 2.28. The van der Waals surface area contributed by atoms with Gasteiger partial charge in [0.15, 0.2) is 0 Å². The van der Waals surface area contributed by atoms with Crippen molar-refractivity contribution in [2.45, 2.75) is 12.8 Å². The molecule has 26 heavy (non-hydrogen) atoms. The fourth-order valence-electron chi connectivity index (χ4n) is 3.23. The summed E-state index contributed by atoms with van der Waals surface area (Å²) in [6.45, 7) is 0.687. The number of rotatable bonds is 4. The average Bonchev–Trinajstić information content (AvgIpc) is 3.05. The summed E-state index contributed by atoms with van der Waals surface area (Å²) in [4.78, 5) is 27.1. The molecular weight excluding hydrogens is 348 g/mol. The Morgan fingerprint density at radius 3 is 2.54 bits per heavy atom. The van der Waals surface area contributed by atoms with Gasteiger partial charge in [0, 0.05) is 42.8 Å². The number of anilines is 1. The summed E-state index contributed by atoms with van der Waals surface area (Å²) in [6.07, 6.45) is 8.53. The molecule has 0 unspecified atom stereocenters. The molecule has 3 aromatic heterocycles. The summed E-state index contributed by atoms with van der Waals surface area (Å²) in [6, 6.07) is 11.4. The molecule has 1 amide bonds. The van der Waals surface area contributed by atoms with Crippen LogP contribution in [0.4, 0.5) is 5.82 Å². The molecule has 1 aliphatic rings. The summed E-state index contributed by atoms with van der Waals surface area (Å²) >= 11 is 5.82. The van der Waals surface area contributed by atoms with E-state index in [0.29, 0.717) is 23.9 Å². The number of nitrogens with zero attached hydrogens (tertiary/aromatic N) is 4. The number of amides is 1. The Balaban J connectivity index is 1.47. The largest absolute Gasteiger partial charge is 0.297 e. The molecule has 5 nitrogen and oxygen atoms in total. The van der Waals surface area contributed by atoms with Gasteiger partial charge in [-0.25, -0.2) is 9.97 Å². The van der Waals surface area contributed by atoms with E-state index >= 15 is 0 Å². The van der Waals surface area contributed by atoms with Gasteiger partial charge in [0.1, 0.15) is 11.0 Å². The Labute approximate surface area is 156 Å². The number of hydrogen-bond acceptors (Lipinski definition) is 4. The van der Waals surface area contributed by atoms with Gasteiger partial charge in [-0.05, 0) is 54.3 Å². The second kappa shape index (κ2) is 7.22. The van der Waals surface area contributed by atoms with Gasteiger partial charge in [0.05, 0.1) is 0 Å². The van der Waals surface area contributed by atoms with E-state index in [0.717, 1.165) is 23.1 Å². The molecule has 0 bridgehead atoms. The lowest BCUT2D eigenvalue weighted by Crippen LogP contribution is -2.28. The minimum atomic E-state index is -0.0420. The van der Waals surface area contributed by atoms with Crippen molar-refractivity contribution in [1.29, 1.82) is 0 Å². The first kappa shape index (κ1) is 16.7. The van der Waals surface area contributed by atoms with Crippen LogP contribution in [0.5, 0.6) is 0 Å². The molecule has 1 saturated heterocycles. The quantitative estimate of drug-likeness (QED) is 0.661. The molecule has 1 atom stereocenters. The maximum Gasteiger partial charge on any atom is 0.231 e. The third-order valence-electron chi connectivity index (χ3n) is 4.63. The molecule has 1 fully saturated rings. The average molecular weight is 365 g/mol. The second-order valence-corrected chi connectivity index (χ2v) is 6.70. The van der Waals surface area contributed by atoms with Crippen molar-refractivity contribution < 1.29 is 4.79 Å². The Bertz CT molecular complexity index is 897. The van der Waals surface area contributed by atoms with Gasteiger partial charge >= 0.3 is 0 Å². The third kappa shape index (κ3) is 3.44. The third-order valence-corrected chi connectivity index (χ3v) is 4.85. The summed E-state index contributed by atoms with van der Waals surface area (Å²) in [5.74, 6) is 0.772. The summed E-state index contributed by atoms with van der Waals surface area (Å²) in [5, 5.41) is 0.464. The van der Waals surface area contributed by atoms with Gasteiger partial charge in [-0.2, -0.15) is 0 Å². The minimum absolute atomic E-state index is 0.0420. The second-order valence-electron chi connectivity index (χ2n) is 6.31. The van der Waals surface area contributed by atoms with Crippen LogP contribution in [0.25, 0.3) is 11.1 Å². The van der Waals surface area contributed by atoms with E-state index in [4.69, 9.17) is 11.6 Å². The van der Waals surface area contributed by atoms with Crippen molar-refractivity contribution in [3.05, 3.63) is 71.9 Å². The molecule has 0 saturated carbocycles. The van der Waals surface area contributed by atoms with E-state index in [1.807, 2.05) is 30.3 Å². The van der Waals surface area contributed by atoms with Crippen molar-refractivity contribution in [1.82, 2.24) is 15.0 Å². The first-order valence-corrected chi connectivity index (χ1v) is 8.87. The van der Waals surface area contributed by atoms with Crippen LogP contribution in [-0.4, -0.2) is 27.4 Å². The lowest BCUT2D eigenvalue weighted by Gasteiger charge is -2.16. The summed E-state index contributed by atoms with van der Waals surface area (Å²) in [7, 11) is 0. The van der Waals surface area contributed by atoms with Gasteiger partial charge in [0.2, 0.25) is 5.91 Å². The summed E-state index contributed by atoms with van der Waals surface area (Å²) in [5.41, 5.74) is 3.09. The number of carbonyl (C=O) groups is 1. The molecule has 0 N–H and O–H groups in total. The highest BCUT2D eigenvalue weighted by atomic mass is 35.5. The van der Waals surface area contributed by atoms with Crippen molar-refractivity contribution in [3.63, 3.8) is 0 Å². The van der Waals surface area contributed by atoms with Gasteiger partial charge in [-0.3, -0.25) is 14.7 Å². The minimum Gasteiger partial charge on any atom is -0.297 e. The molecule has 0 radical (unpaired) electrons. The number of hydrogen-bond donors (Lipinski definition) is 0. The Hall–Kier alpha value is -2.79. The zero-order chi connectivity index (χ0) is 17.9. The topological polar surface area (TPSA) is 59.0 Å². The van der Waals surface area contributed by atoms with Crippen molar-refractivity contribution in [2.24, 2.45) is 5.92 Å². The van der Waals surface area contributed by atoms with E-state index in [1.54, 1.807) is 35.8 Å². The van der Waals surface area contributed by atoms with E-state index < -0.39 is 0 Å². The van der Waals surface area contributed by atoms with Gasteiger partial charge in [0.25, 0.3) is 0 Å². The maximum absolute atomic E-state index is 12.8. The molecule has 0 aromatic carbocycles. The van der Waals surface area contributed by atoms with Crippen LogP contribution in [0.1, 0.15) is 12.0 Å². The van der Waals surface area contributed by atoms with E-state index in [1.165, 1.54) is 0 Å². The first-order chi connectivity index (χ1) is 12.7. The van der Waals surface area contributed by atoms with Crippen LogP contribution >= 0.6 is 11.6 Å².